The van der Waals surface area contributed by atoms with Crippen molar-refractivity contribution < 1.29 is 9.72 Å². The second-order valence-corrected chi connectivity index (χ2v) is 9.40. The number of anilines is 1. The van der Waals surface area contributed by atoms with Crippen molar-refractivity contribution in [3.63, 3.8) is 0 Å². The molecular formula is C26H24BrN5O3. The number of carbonyl (C=O) groups is 1. The van der Waals surface area contributed by atoms with Crippen molar-refractivity contribution in [2.75, 3.05) is 31.1 Å². The Kier molecular flexibility index (Phi) is 6.25. The molecular weight excluding hydrogens is 510 g/mol. The lowest BCUT2D eigenvalue weighted by Crippen LogP contribution is -2.35. The van der Waals surface area contributed by atoms with Crippen LogP contribution in [-0.4, -0.2) is 51.5 Å². The highest BCUT2D eigenvalue weighted by atomic mass is 79.9. The van der Waals surface area contributed by atoms with Crippen LogP contribution in [0.3, 0.4) is 0 Å². The Labute approximate surface area is 211 Å². The number of halogens is 1. The number of aryl methyl sites for hydroxylation is 1. The average molecular weight is 534 g/mol. The summed E-state index contributed by atoms with van der Waals surface area (Å²) in [4.78, 5) is 32.8. The molecule has 0 N–H and O–H groups in total. The molecule has 0 saturated carbocycles. The smallest absolute Gasteiger partial charge is 0.287 e. The molecule has 0 bridgehead atoms. The predicted molar refractivity (Wildman–Crippen MR) is 140 cm³/mol. The van der Waals surface area contributed by atoms with Gasteiger partial charge in [-0.25, -0.2) is 4.98 Å². The van der Waals surface area contributed by atoms with E-state index in [-0.39, 0.29) is 11.6 Å². The Hall–Kier alpha value is -3.72. The van der Waals surface area contributed by atoms with Crippen molar-refractivity contribution in [2.45, 2.75) is 6.42 Å². The van der Waals surface area contributed by atoms with Gasteiger partial charge in [0.15, 0.2) is 0 Å². The minimum absolute atomic E-state index is 0.000128. The molecule has 0 unspecified atom stereocenters. The molecule has 4 aromatic rings. The second-order valence-electron chi connectivity index (χ2n) is 8.55. The number of nitrogens with zero attached hydrogens (tertiary/aromatic N) is 5. The first-order chi connectivity index (χ1) is 17.0. The van der Waals surface area contributed by atoms with Crippen molar-refractivity contribution in [3.05, 3.63) is 87.0 Å². The minimum atomic E-state index is -0.452. The molecule has 2 aromatic heterocycles. The van der Waals surface area contributed by atoms with Crippen LogP contribution in [0.4, 0.5) is 11.5 Å². The van der Waals surface area contributed by atoms with E-state index < -0.39 is 4.92 Å². The third-order valence-corrected chi connectivity index (χ3v) is 7.15. The summed E-state index contributed by atoms with van der Waals surface area (Å²) < 4.78 is 2.98. The van der Waals surface area contributed by atoms with Crippen LogP contribution < -0.4 is 4.90 Å². The van der Waals surface area contributed by atoms with Crippen LogP contribution in [-0.2, 0) is 7.05 Å². The number of amides is 1. The van der Waals surface area contributed by atoms with Crippen LogP contribution in [0.1, 0.15) is 16.8 Å². The van der Waals surface area contributed by atoms with E-state index in [0.717, 1.165) is 39.6 Å². The fourth-order valence-electron chi connectivity index (χ4n) is 4.77. The molecule has 0 radical (unpaired) electrons. The van der Waals surface area contributed by atoms with Crippen LogP contribution in [0.25, 0.3) is 22.2 Å². The van der Waals surface area contributed by atoms with Crippen LogP contribution in [0.2, 0.25) is 0 Å². The molecule has 3 heterocycles. The van der Waals surface area contributed by atoms with Gasteiger partial charge in [0.2, 0.25) is 0 Å². The molecule has 8 nitrogen and oxygen atoms in total. The van der Waals surface area contributed by atoms with Gasteiger partial charge in [-0.2, -0.15) is 0 Å². The van der Waals surface area contributed by atoms with Gasteiger partial charge in [0.05, 0.1) is 21.7 Å². The van der Waals surface area contributed by atoms with Crippen LogP contribution >= 0.6 is 15.9 Å². The van der Waals surface area contributed by atoms with Crippen molar-refractivity contribution >= 4 is 44.2 Å². The summed E-state index contributed by atoms with van der Waals surface area (Å²) in [5.41, 5.74) is 3.55. The molecule has 35 heavy (non-hydrogen) atoms. The van der Waals surface area contributed by atoms with Gasteiger partial charge in [0.1, 0.15) is 12.0 Å². The molecule has 1 aliphatic heterocycles. The van der Waals surface area contributed by atoms with Gasteiger partial charge in [0, 0.05) is 49.2 Å². The molecule has 0 atom stereocenters. The van der Waals surface area contributed by atoms with E-state index >= 15 is 0 Å². The van der Waals surface area contributed by atoms with Crippen molar-refractivity contribution in [2.24, 2.45) is 7.05 Å². The SMILES string of the molecule is Cn1c(-c2ccccc2)c(C(=O)N2CCCN(c3ccc([N+](=O)[O-])cn3)CC2)c2c(Br)cccc21. The molecule has 5 rings (SSSR count). The Morgan fingerprint density at radius 2 is 1.80 bits per heavy atom. The Morgan fingerprint density at radius 3 is 2.51 bits per heavy atom. The van der Waals surface area contributed by atoms with E-state index in [4.69, 9.17) is 0 Å². The van der Waals surface area contributed by atoms with Crippen molar-refractivity contribution in [1.82, 2.24) is 14.5 Å². The first kappa shape index (κ1) is 23.0. The number of carbonyl (C=O) groups excluding carboxylic acids is 1. The quantitative estimate of drug-likeness (QED) is 0.263. The van der Waals surface area contributed by atoms with E-state index in [1.807, 2.05) is 60.5 Å². The van der Waals surface area contributed by atoms with Crippen LogP contribution in [0.15, 0.2) is 71.3 Å². The number of hydrogen-bond acceptors (Lipinski definition) is 5. The van der Waals surface area contributed by atoms with E-state index in [2.05, 4.69) is 30.4 Å². The second kappa shape index (κ2) is 9.50. The van der Waals surface area contributed by atoms with E-state index in [9.17, 15) is 14.9 Å². The number of fused-ring (bicyclic) bond motifs is 1. The number of pyridine rings is 1. The molecule has 9 heteroatoms. The average Bonchev–Trinajstić information content (AvgIpc) is 3.01. The third kappa shape index (κ3) is 4.27. The van der Waals surface area contributed by atoms with E-state index in [1.165, 1.54) is 12.3 Å². The van der Waals surface area contributed by atoms with Gasteiger partial charge in [-0.05, 0) is 30.2 Å². The van der Waals surface area contributed by atoms with Gasteiger partial charge in [-0.3, -0.25) is 14.9 Å². The molecule has 0 aliphatic carbocycles. The van der Waals surface area contributed by atoms with Crippen LogP contribution in [0, 0.1) is 10.1 Å². The standard InChI is InChI=1S/C26H24BrN5O3/c1-29-21-10-5-9-20(27)23(21)24(25(29)18-7-3-2-4-8-18)26(33)31-14-6-13-30(15-16-31)22-12-11-19(17-28-22)32(34)35/h2-5,7-12,17H,6,13-16H2,1H3. The van der Waals surface area contributed by atoms with Crippen molar-refractivity contribution in [1.29, 1.82) is 0 Å². The molecule has 1 saturated heterocycles. The number of rotatable bonds is 4. The molecule has 1 fully saturated rings. The summed E-state index contributed by atoms with van der Waals surface area (Å²) >= 11 is 3.68. The zero-order chi connectivity index (χ0) is 24.5. The van der Waals surface area contributed by atoms with Gasteiger partial charge < -0.3 is 14.4 Å². The highest BCUT2D eigenvalue weighted by Crippen LogP contribution is 2.38. The highest BCUT2D eigenvalue weighted by Gasteiger charge is 2.29. The maximum absolute atomic E-state index is 14.1. The van der Waals surface area contributed by atoms with Gasteiger partial charge in [-0.1, -0.05) is 52.3 Å². The maximum atomic E-state index is 14.1. The summed E-state index contributed by atoms with van der Waals surface area (Å²) in [5, 5.41) is 11.9. The number of nitro groups is 1. The number of aromatic nitrogens is 2. The molecule has 178 valence electrons. The predicted octanol–water partition coefficient (Wildman–Crippen LogP) is 5.26. The van der Waals surface area contributed by atoms with Gasteiger partial charge in [-0.15, -0.1) is 0 Å². The van der Waals surface area contributed by atoms with E-state index in [1.54, 1.807) is 6.07 Å². The molecule has 1 amide bonds. The lowest BCUT2D eigenvalue weighted by Gasteiger charge is -2.23. The lowest BCUT2D eigenvalue weighted by atomic mass is 10.0. The molecule has 0 spiro atoms. The summed E-state index contributed by atoms with van der Waals surface area (Å²) in [6.45, 7) is 2.48. The summed E-state index contributed by atoms with van der Waals surface area (Å²) in [6.07, 6.45) is 2.06. The maximum Gasteiger partial charge on any atom is 0.287 e. The lowest BCUT2D eigenvalue weighted by molar-refractivity contribution is -0.385. The third-order valence-electron chi connectivity index (χ3n) is 6.49. The Balaban J connectivity index is 1.48. The fourth-order valence-corrected chi connectivity index (χ4v) is 5.32. The Bertz CT molecular complexity index is 1400. The summed E-state index contributed by atoms with van der Waals surface area (Å²) in [7, 11) is 2.00. The van der Waals surface area contributed by atoms with Crippen molar-refractivity contribution in [3.8, 4) is 11.3 Å². The first-order valence-electron chi connectivity index (χ1n) is 11.4. The van der Waals surface area contributed by atoms with Crippen LogP contribution in [0.5, 0.6) is 0 Å². The summed E-state index contributed by atoms with van der Waals surface area (Å²) in [6, 6.07) is 19.1. The topological polar surface area (TPSA) is 84.5 Å². The monoisotopic (exact) mass is 533 g/mol. The fraction of sp³-hybridized carbons (Fsp3) is 0.231. The normalized spacial score (nSPS) is 14.2. The largest absolute Gasteiger partial charge is 0.355 e. The zero-order valence-corrected chi connectivity index (χ0v) is 20.8. The minimum Gasteiger partial charge on any atom is -0.355 e. The Morgan fingerprint density at radius 1 is 1.00 bits per heavy atom. The molecule has 2 aromatic carbocycles. The van der Waals surface area contributed by atoms with E-state index in [0.29, 0.717) is 31.0 Å². The summed E-state index contributed by atoms with van der Waals surface area (Å²) in [5.74, 6) is 0.683. The zero-order valence-electron chi connectivity index (χ0n) is 19.2. The number of benzene rings is 2. The van der Waals surface area contributed by atoms with Gasteiger partial charge in [0.25, 0.3) is 11.6 Å². The number of hydrogen-bond donors (Lipinski definition) is 0. The highest BCUT2D eigenvalue weighted by molar-refractivity contribution is 9.10. The van der Waals surface area contributed by atoms with Gasteiger partial charge >= 0.3 is 0 Å². The molecule has 1 aliphatic rings. The first-order valence-corrected chi connectivity index (χ1v) is 12.2.